The second-order valence-corrected chi connectivity index (χ2v) is 5.69. The average molecular weight is 311 g/mol. The molecule has 22 heavy (non-hydrogen) atoms. The minimum Gasteiger partial charge on any atom is -0.497 e. The Labute approximate surface area is 128 Å². The number of anilines is 1. The highest BCUT2D eigenvalue weighted by molar-refractivity contribution is 5.86. The number of carbonyl (C=O) groups is 2. The minimum atomic E-state index is -1.28. The number of amides is 1. The molecular weight excluding hydrogens is 290 g/mol. The first-order valence-corrected chi connectivity index (χ1v) is 6.70. The molecule has 0 radical (unpaired) electrons. The zero-order chi connectivity index (χ0) is 16.9. The van der Waals surface area contributed by atoms with Gasteiger partial charge in [0.1, 0.15) is 11.4 Å². The second-order valence-electron chi connectivity index (χ2n) is 5.69. The van der Waals surface area contributed by atoms with Gasteiger partial charge in [0.2, 0.25) is 0 Å². The number of methoxy groups -OCH3 is 1. The molecule has 0 aliphatic rings. The van der Waals surface area contributed by atoms with Crippen molar-refractivity contribution in [2.45, 2.75) is 38.9 Å². The first kappa shape index (κ1) is 17.8. The van der Waals surface area contributed by atoms with Crippen molar-refractivity contribution in [2.24, 2.45) is 0 Å². The van der Waals surface area contributed by atoms with E-state index in [1.807, 2.05) is 0 Å². The summed E-state index contributed by atoms with van der Waals surface area (Å²) in [6, 6.07) is 4.58. The van der Waals surface area contributed by atoms with Crippen molar-refractivity contribution >= 4 is 17.7 Å². The molecule has 7 heteroatoms. The molecular formula is C15H21NO6. The maximum atomic E-state index is 11.8. The Morgan fingerprint density at radius 1 is 1.32 bits per heavy atom. The van der Waals surface area contributed by atoms with Gasteiger partial charge in [-0.25, -0.2) is 4.79 Å². The summed E-state index contributed by atoms with van der Waals surface area (Å²) in [5.74, 6) is -0.715. The lowest BCUT2D eigenvalue weighted by atomic mass is 10.0. The number of rotatable bonds is 5. The topological polar surface area (TPSA) is 105 Å². The van der Waals surface area contributed by atoms with Crippen molar-refractivity contribution < 1.29 is 29.3 Å². The molecule has 0 aliphatic carbocycles. The molecule has 1 aromatic carbocycles. The highest BCUT2D eigenvalue weighted by Gasteiger charge is 2.21. The highest BCUT2D eigenvalue weighted by atomic mass is 16.6. The number of hydrogen-bond acceptors (Lipinski definition) is 5. The largest absolute Gasteiger partial charge is 0.497 e. The van der Waals surface area contributed by atoms with Crippen molar-refractivity contribution in [3.8, 4) is 5.75 Å². The summed E-state index contributed by atoms with van der Waals surface area (Å²) in [5, 5.41) is 21.3. The van der Waals surface area contributed by atoms with Crippen LogP contribution in [-0.4, -0.2) is 35.0 Å². The average Bonchev–Trinajstić information content (AvgIpc) is 2.35. The van der Waals surface area contributed by atoms with Gasteiger partial charge in [0.05, 0.1) is 25.3 Å². The van der Waals surface area contributed by atoms with E-state index in [1.165, 1.54) is 19.2 Å². The van der Waals surface area contributed by atoms with Gasteiger partial charge in [0.25, 0.3) is 0 Å². The number of aliphatic carboxylic acids is 1. The summed E-state index contributed by atoms with van der Waals surface area (Å²) >= 11 is 0. The van der Waals surface area contributed by atoms with Crippen LogP contribution in [0.5, 0.6) is 5.75 Å². The third kappa shape index (κ3) is 5.61. The summed E-state index contributed by atoms with van der Waals surface area (Å²) in [4.78, 5) is 22.6. The third-order valence-corrected chi connectivity index (χ3v) is 2.62. The lowest BCUT2D eigenvalue weighted by molar-refractivity contribution is -0.139. The van der Waals surface area contributed by atoms with Gasteiger partial charge in [0, 0.05) is 5.56 Å². The number of nitrogens with one attached hydrogen (secondary N) is 1. The van der Waals surface area contributed by atoms with Gasteiger partial charge in [-0.1, -0.05) is 0 Å². The number of carboxylic acid groups (broad SMARTS) is 1. The zero-order valence-corrected chi connectivity index (χ0v) is 13.0. The number of aliphatic hydroxyl groups is 1. The van der Waals surface area contributed by atoms with E-state index in [9.17, 15) is 14.7 Å². The van der Waals surface area contributed by atoms with E-state index in [-0.39, 0.29) is 11.3 Å². The molecule has 1 rings (SSSR count). The first-order chi connectivity index (χ1) is 10.1. The minimum absolute atomic E-state index is 0.243. The Morgan fingerprint density at radius 3 is 2.45 bits per heavy atom. The van der Waals surface area contributed by atoms with Crippen molar-refractivity contribution in [2.75, 3.05) is 12.4 Å². The summed E-state index contributed by atoms with van der Waals surface area (Å²) < 4.78 is 10.2. The Kier molecular flexibility index (Phi) is 5.76. The van der Waals surface area contributed by atoms with E-state index >= 15 is 0 Å². The van der Waals surface area contributed by atoms with Gasteiger partial charge in [-0.15, -0.1) is 0 Å². The summed E-state index contributed by atoms with van der Waals surface area (Å²) in [7, 11) is 1.45. The Bertz CT molecular complexity index is 549. The van der Waals surface area contributed by atoms with Crippen molar-refractivity contribution in [1.29, 1.82) is 0 Å². The van der Waals surface area contributed by atoms with Crippen molar-refractivity contribution in [3.63, 3.8) is 0 Å². The summed E-state index contributed by atoms with van der Waals surface area (Å²) in [5.41, 5.74) is -0.160. The van der Waals surface area contributed by atoms with Crippen molar-refractivity contribution in [3.05, 3.63) is 23.8 Å². The van der Waals surface area contributed by atoms with Crippen LogP contribution in [0.3, 0.4) is 0 Å². The Morgan fingerprint density at radius 2 is 1.95 bits per heavy atom. The molecule has 0 saturated heterocycles. The van der Waals surface area contributed by atoms with Crippen LogP contribution in [-0.2, 0) is 9.53 Å². The van der Waals surface area contributed by atoms with Gasteiger partial charge < -0.3 is 19.7 Å². The van der Waals surface area contributed by atoms with E-state index in [0.717, 1.165) is 0 Å². The first-order valence-electron chi connectivity index (χ1n) is 6.70. The molecule has 0 saturated carbocycles. The van der Waals surface area contributed by atoms with E-state index in [0.29, 0.717) is 5.75 Å². The van der Waals surface area contributed by atoms with Crippen LogP contribution in [0.15, 0.2) is 18.2 Å². The molecule has 1 amide bonds. The number of ether oxygens (including phenoxy) is 2. The van der Waals surface area contributed by atoms with Gasteiger partial charge in [-0.05, 0) is 39.0 Å². The predicted octanol–water partition coefficient (Wildman–Crippen LogP) is 2.55. The predicted molar refractivity (Wildman–Crippen MR) is 80.1 cm³/mol. The van der Waals surface area contributed by atoms with E-state index in [4.69, 9.17) is 14.6 Å². The molecule has 0 aromatic heterocycles. The highest BCUT2D eigenvalue weighted by Crippen LogP contribution is 2.30. The Hall–Kier alpha value is -2.28. The van der Waals surface area contributed by atoms with Crippen LogP contribution in [0.1, 0.15) is 38.9 Å². The van der Waals surface area contributed by atoms with E-state index < -0.39 is 30.2 Å². The lowest BCUT2D eigenvalue weighted by Gasteiger charge is -2.21. The van der Waals surface area contributed by atoms with Crippen LogP contribution in [0.25, 0.3) is 0 Å². The molecule has 0 heterocycles. The molecule has 0 fully saturated rings. The molecule has 3 N–H and O–H groups in total. The maximum absolute atomic E-state index is 11.8. The van der Waals surface area contributed by atoms with Crippen LogP contribution < -0.4 is 10.1 Å². The molecule has 7 nitrogen and oxygen atoms in total. The molecule has 122 valence electrons. The van der Waals surface area contributed by atoms with Crippen LogP contribution >= 0.6 is 0 Å². The molecule has 1 atom stereocenters. The van der Waals surface area contributed by atoms with Crippen molar-refractivity contribution in [1.82, 2.24) is 0 Å². The SMILES string of the molecule is COc1ccc(NC(=O)OC(C)(C)C)c([C@@H](O)CC(=O)O)c1. The number of aliphatic hydroxyl groups excluding tert-OH is 1. The van der Waals surface area contributed by atoms with E-state index in [2.05, 4.69) is 5.32 Å². The monoisotopic (exact) mass is 311 g/mol. The fraction of sp³-hybridized carbons (Fsp3) is 0.467. The van der Waals surface area contributed by atoms with Crippen LogP contribution in [0.4, 0.5) is 10.5 Å². The van der Waals surface area contributed by atoms with Gasteiger partial charge >= 0.3 is 12.1 Å². The van der Waals surface area contributed by atoms with Crippen LogP contribution in [0, 0.1) is 0 Å². The Balaban J connectivity index is 3.02. The number of benzene rings is 1. The second kappa shape index (κ2) is 7.13. The number of carbonyl (C=O) groups excluding carboxylic acids is 1. The standard InChI is InChI=1S/C15H21NO6/c1-15(2,3)22-14(20)16-11-6-5-9(21-4)7-10(11)12(17)8-13(18)19/h5-7,12,17H,8H2,1-4H3,(H,16,20)(H,18,19)/t12-/m0/s1. The zero-order valence-electron chi connectivity index (χ0n) is 13.0. The molecule has 0 spiro atoms. The van der Waals surface area contributed by atoms with Crippen LogP contribution in [0.2, 0.25) is 0 Å². The van der Waals surface area contributed by atoms with Gasteiger partial charge in [0.15, 0.2) is 0 Å². The van der Waals surface area contributed by atoms with Gasteiger partial charge in [-0.2, -0.15) is 0 Å². The van der Waals surface area contributed by atoms with Gasteiger partial charge in [-0.3, -0.25) is 10.1 Å². The normalized spacial score (nSPS) is 12.4. The molecule has 0 aliphatic heterocycles. The summed E-state index contributed by atoms with van der Waals surface area (Å²) in [6.07, 6.45) is -2.46. The number of hydrogen-bond donors (Lipinski definition) is 3. The molecule has 0 bridgehead atoms. The molecule has 0 unspecified atom stereocenters. The maximum Gasteiger partial charge on any atom is 0.412 e. The third-order valence-electron chi connectivity index (χ3n) is 2.62. The molecule has 1 aromatic rings. The lowest BCUT2D eigenvalue weighted by Crippen LogP contribution is -2.27. The van der Waals surface area contributed by atoms with E-state index in [1.54, 1.807) is 26.8 Å². The smallest absolute Gasteiger partial charge is 0.412 e. The summed E-state index contributed by atoms with van der Waals surface area (Å²) in [6.45, 7) is 5.17. The quantitative estimate of drug-likeness (QED) is 0.772. The number of carboxylic acids is 1. The fourth-order valence-electron chi connectivity index (χ4n) is 1.75. The fourth-order valence-corrected chi connectivity index (χ4v) is 1.75.